The number of hydrogen-bond acceptors (Lipinski definition) is 3. The summed E-state index contributed by atoms with van der Waals surface area (Å²) >= 11 is 0. The number of aliphatic carboxylic acids is 1. The minimum absolute atomic E-state index is 0.0993. The minimum atomic E-state index is -0.949. The van der Waals surface area contributed by atoms with Gasteiger partial charge in [0.1, 0.15) is 12.2 Å². The van der Waals surface area contributed by atoms with Crippen LogP contribution in [0.2, 0.25) is 0 Å². The van der Waals surface area contributed by atoms with Crippen LogP contribution in [-0.4, -0.2) is 52.6 Å². The van der Waals surface area contributed by atoms with E-state index >= 15 is 0 Å². The summed E-state index contributed by atoms with van der Waals surface area (Å²) in [5.74, 6) is -1.05. The van der Waals surface area contributed by atoms with Crippen LogP contribution in [0, 0.1) is 0 Å². The van der Waals surface area contributed by atoms with Gasteiger partial charge in [-0.3, -0.25) is 9.59 Å². The number of carbonyl (C=O) groups excluding carboxylic acids is 1. The van der Waals surface area contributed by atoms with E-state index in [-0.39, 0.29) is 12.5 Å². The zero-order valence-electron chi connectivity index (χ0n) is 9.43. The quantitative estimate of drug-likeness (QED) is 0.751. The van der Waals surface area contributed by atoms with Crippen molar-refractivity contribution in [3.63, 3.8) is 0 Å². The fraction of sp³-hybridized carbons (Fsp3) is 0.455. The molecule has 1 aromatic rings. The summed E-state index contributed by atoms with van der Waals surface area (Å²) in [5, 5.41) is 11.9. The fourth-order valence-electron chi connectivity index (χ4n) is 1.92. The van der Waals surface area contributed by atoms with Crippen molar-refractivity contribution < 1.29 is 14.7 Å². The number of amides is 1. The van der Waals surface area contributed by atoms with Gasteiger partial charge in [-0.25, -0.2) is 0 Å². The number of carboxylic acid groups (broad SMARTS) is 1. The molecule has 17 heavy (non-hydrogen) atoms. The molecule has 2 heterocycles. The monoisotopic (exact) mass is 237 g/mol. The van der Waals surface area contributed by atoms with Crippen LogP contribution in [0.25, 0.3) is 0 Å². The van der Waals surface area contributed by atoms with Gasteiger partial charge in [0.2, 0.25) is 0 Å². The molecule has 0 radical (unpaired) electrons. The van der Waals surface area contributed by atoms with Gasteiger partial charge >= 0.3 is 5.97 Å². The standard InChI is InChI=1S/C11H15N3O3/c15-10(16)8-14-5-1-2-9(14)11(17)13-6-3-12-4-7-13/h1-2,5,12H,3-4,6-8H2,(H,15,16). The molecule has 1 saturated heterocycles. The molecule has 0 aromatic carbocycles. The van der Waals surface area contributed by atoms with Crippen LogP contribution in [0.3, 0.4) is 0 Å². The van der Waals surface area contributed by atoms with Gasteiger partial charge in [-0.2, -0.15) is 0 Å². The second-order valence-corrected chi connectivity index (χ2v) is 3.96. The summed E-state index contributed by atoms with van der Waals surface area (Å²) in [7, 11) is 0. The highest BCUT2D eigenvalue weighted by Gasteiger charge is 2.20. The lowest BCUT2D eigenvalue weighted by atomic mass is 10.3. The summed E-state index contributed by atoms with van der Waals surface area (Å²) in [6.45, 7) is 2.71. The number of carbonyl (C=O) groups is 2. The number of nitrogens with zero attached hydrogens (tertiary/aromatic N) is 2. The molecule has 6 nitrogen and oxygen atoms in total. The van der Waals surface area contributed by atoms with Crippen molar-refractivity contribution in [1.29, 1.82) is 0 Å². The lowest BCUT2D eigenvalue weighted by Gasteiger charge is -2.27. The van der Waals surface area contributed by atoms with Crippen LogP contribution in [0.4, 0.5) is 0 Å². The van der Waals surface area contributed by atoms with Crippen LogP contribution in [-0.2, 0) is 11.3 Å². The van der Waals surface area contributed by atoms with Gasteiger partial charge in [0.15, 0.2) is 0 Å². The van der Waals surface area contributed by atoms with Crippen LogP contribution in [0.1, 0.15) is 10.5 Å². The summed E-state index contributed by atoms with van der Waals surface area (Å²) in [6.07, 6.45) is 1.61. The summed E-state index contributed by atoms with van der Waals surface area (Å²) < 4.78 is 1.46. The smallest absolute Gasteiger partial charge is 0.323 e. The lowest BCUT2D eigenvalue weighted by molar-refractivity contribution is -0.137. The molecule has 6 heteroatoms. The van der Waals surface area contributed by atoms with Crippen LogP contribution >= 0.6 is 0 Å². The van der Waals surface area contributed by atoms with Crippen LogP contribution in [0.5, 0.6) is 0 Å². The van der Waals surface area contributed by atoms with E-state index in [2.05, 4.69) is 5.32 Å². The van der Waals surface area contributed by atoms with E-state index in [1.54, 1.807) is 23.2 Å². The van der Waals surface area contributed by atoms with Gasteiger partial charge in [0.05, 0.1) is 0 Å². The van der Waals surface area contributed by atoms with E-state index in [1.165, 1.54) is 4.57 Å². The predicted molar refractivity (Wildman–Crippen MR) is 60.8 cm³/mol. The molecule has 1 aliphatic heterocycles. The Kier molecular flexibility index (Phi) is 3.43. The van der Waals surface area contributed by atoms with E-state index in [9.17, 15) is 9.59 Å². The first kappa shape index (κ1) is 11.7. The van der Waals surface area contributed by atoms with Gasteiger partial charge in [-0.1, -0.05) is 0 Å². The lowest BCUT2D eigenvalue weighted by Crippen LogP contribution is -2.46. The highest BCUT2D eigenvalue weighted by Crippen LogP contribution is 2.07. The van der Waals surface area contributed by atoms with Crippen molar-refractivity contribution in [1.82, 2.24) is 14.8 Å². The molecule has 0 bridgehead atoms. The second kappa shape index (κ2) is 5.01. The Morgan fingerprint density at radius 1 is 1.35 bits per heavy atom. The van der Waals surface area contributed by atoms with Crippen molar-refractivity contribution in [2.75, 3.05) is 26.2 Å². The first-order valence-electron chi connectivity index (χ1n) is 5.55. The zero-order chi connectivity index (χ0) is 12.3. The predicted octanol–water partition coefficient (Wildman–Crippen LogP) is -0.382. The number of piperazine rings is 1. The zero-order valence-corrected chi connectivity index (χ0v) is 9.43. The Bertz CT molecular complexity index is 421. The third-order valence-corrected chi connectivity index (χ3v) is 2.76. The number of nitrogens with one attached hydrogen (secondary N) is 1. The Hall–Kier alpha value is -1.82. The first-order valence-corrected chi connectivity index (χ1v) is 5.55. The minimum Gasteiger partial charge on any atom is -0.480 e. The number of rotatable bonds is 3. The molecule has 2 rings (SSSR count). The summed E-state index contributed by atoms with van der Waals surface area (Å²) in [4.78, 5) is 24.5. The van der Waals surface area contributed by atoms with E-state index in [1.807, 2.05) is 0 Å². The molecule has 0 aliphatic carbocycles. The molecule has 1 aliphatic rings. The molecule has 1 aromatic heterocycles. The SMILES string of the molecule is O=C(O)Cn1cccc1C(=O)N1CCNCC1. The van der Waals surface area contributed by atoms with Gasteiger partial charge in [0, 0.05) is 32.4 Å². The van der Waals surface area contributed by atoms with Gasteiger partial charge in [0.25, 0.3) is 5.91 Å². The third-order valence-electron chi connectivity index (χ3n) is 2.76. The normalized spacial score (nSPS) is 15.9. The van der Waals surface area contributed by atoms with Crippen molar-refractivity contribution in [2.24, 2.45) is 0 Å². The van der Waals surface area contributed by atoms with Crippen LogP contribution in [0.15, 0.2) is 18.3 Å². The maximum Gasteiger partial charge on any atom is 0.323 e. The summed E-state index contributed by atoms with van der Waals surface area (Å²) in [5.41, 5.74) is 0.439. The number of hydrogen-bond donors (Lipinski definition) is 2. The van der Waals surface area contributed by atoms with Gasteiger partial charge in [-0.05, 0) is 12.1 Å². The van der Waals surface area contributed by atoms with E-state index in [0.717, 1.165) is 13.1 Å². The second-order valence-electron chi connectivity index (χ2n) is 3.96. The Labute approximate surface area is 98.8 Å². The Balaban J connectivity index is 2.12. The first-order chi connectivity index (χ1) is 8.18. The topological polar surface area (TPSA) is 74.6 Å². The molecule has 0 atom stereocenters. The highest BCUT2D eigenvalue weighted by molar-refractivity contribution is 5.93. The average molecular weight is 237 g/mol. The van der Waals surface area contributed by atoms with Crippen molar-refractivity contribution in [3.05, 3.63) is 24.0 Å². The third kappa shape index (κ3) is 2.65. The van der Waals surface area contributed by atoms with E-state index < -0.39 is 5.97 Å². The molecular formula is C11H15N3O3. The van der Waals surface area contributed by atoms with E-state index in [4.69, 9.17) is 5.11 Å². The molecule has 92 valence electrons. The molecule has 1 fully saturated rings. The summed E-state index contributed by atoms with van der Waals surface area (Å²) in [6, 6.07) is 3.35. The maximum atomic E-state index is 12.1. The highest BCUT2D eigenvalue weighted by atomic mass is 16.4. The Morgan fingerprint density at radius 3 is 2.71 bits per heavy atom. The fourth-order valence-corrected chi connectivity index (χ4v) is 1.92. The maximum absolute atomic E-state index is 12.1. The molecular weight excluding hydrogens is 222 g/mol. The molecule has 0 unspecified atom stereocenters. The van der Waals surface area contributed by atoms with Gasteiger partial charge in [-0.15, -0.1) is 0 Å². The Morgan fingerprint density at radius 2 is 2.06 bits per heavy atom. The van der Waals surface area contributed by atoms with Crippen molar-refractivity contribution in [2.45, 2.75) is 6.54 Å². The van der Waals surface area contributed by atoms with Crippen molar-refractivity contribution in [3.8, 4) is 0 Å². The van der Waals surface area contributed by atoms with Crippen LogP contribution < -0.4 is 5.32 Å². The molecule has 1 amide bonds. The molecule has 0 spiro atoms. The van der Waals surface area contributed by atoms with Gasteiger partial charge < -0.3 is 19.9 Å². The number of carboxylic acids is 1. The largest absolute Gasteiger partial charge is 0.480 e. The molecule has 2 N–H and O–H groups in total. The molecule has 0 saturated carbocycles. The van der Waals surface area contributed by atoms with E-state index in [0.29, 0.717) is 18.8 Å². The average Bonchev–Trinajstić information content (AvgIpc) is 2.76. The van der Waals surface area contributed by atoms with Crippen molar-refractivity contribution >= 4 is 11.9 Å². The number of aromatic nitrogens is 1.